The molecule has 0 N–H and O–H groups in total. The molecule has 2 fully saturated rings. The molecule has 2 aliphatic heterocycles. The zero-order valence-electron chi connectivity index (χ0n) is 17.4. The van der Waals surface area contributed by atoms with Crippen LogP contribution in [0.15, 0.2) is 48.5 Å². The number of nitrogens with zero attached hydrogens (tertiary/aromatic N) is 2. The highest BCUT2D eigenvalue weighted by molar-refractivity contribution is 6.31. The Hall–Kier alpha value is -1.59. The second-order valence-electron chi connectivity index (χ2n) is 8.20. The van der Waals surface area contributed by atoms with Crippen molar-refractivity contribution in [1.29, 1.82) is 0 Å². The van der Waals surface area contributed by atoms with E-state index in [1.807, 2.05) is 13.0 Å². The first-order valence-corrected chi connectivity index (χ1v) is 11.0. The summed E-state index contributed by atoms with van der Waals surface area (Å²) in [6.07, 6.45) is 1.94. The fourth-order valence-electron chi connectivity index (χ4n) is 4.52. The van der Waals surface area contributed by atoms with Gasteiger partial charge >= 0.3 is 0 Å². The Kier molecular flexibility index (Phi) is 6.45. The van der Waals surface area contributed by atoms with Gasteiger partial charge in [-0.05, 0) is 44.5 Å². The van der Waals surface area contributed by atoms with Gasteiger partial charge in [-0.15, -0.1) is 0 Å². The first kappa shape index (κ1) is 20.7. The molecule has 4 rings (SSSR count). The molecule has 0 spiro atoms. The summed E-state index contributed by atoms with van der Waals surface area (Å²) in [5.41, 5.74) is 3.49. The number of piperazine rings is 1. The molecule has 5 heteroatoms. The zero-order valence-corrected chi connectivity index (χ0v) is 18.2. The van der Waals surface area contributed by atoms with Crippen LogP contribution in [-0.2, 0) is 15.3 Å². The molecule has 1 unspecified atom stereocenters. The van der Waals surface area contributed by atoms with Crippen molar-refractivity contribution in [3.8, 4) is 0 Å². The number of aryl methyl sites for hydroxylation is 1. The summed E-state index contributed by atoms with van der Waals surface area (Å²) < 4.78 is 12.1. The van der Waals surface area contributed by atoms with Gasteiger partial charge in [0.1, 0.15) is 0 Å². The molecule has 1 atom stereocenters. The highest BCUT2D eigenvalue weighted by Gasteiger charge is 2.38. The van der Waals surface area contributed by atoms with E-state index in [2.05, 4.69) is 59.2 Å². The third-order valence-corrected chi connectivity index (χ3v) is 6.55. The molecule has 2 aliphatic rings. The Morgan fingerprint density at radius 2 is 1.83 bits per heavy atom. The van der Waals surface area contributed by atoms with E-state index in [-0.39, 0.29) is 0 Å². The van der Waals surface area contributed by atoms with E-state index >= 15 is 0 Å². The average molecular weight is 415 g/mol. The molecule has 2 aromatic carbocycles. The normalized spacial score (nSPS) is 22.2. The molecule has 4 nitrogen and oxygen atoms in total. The number of rotatable bonds is 6. The van der Waals surface area contributed by atoms with Crippen molar-refractivity contribution < 1.29 is 9.47 Å². The third kappa shape index (κ3) is 4.61. The minimum Gasteiger partial charge on any atom is -0.366 e. The van der Waals surface area contributed by atoms with Gasteiger partial charge in [0, 0.05) is 48.4 Å². The van der Waals surface area contributed by atoms with Gasteiger partial charge in [0.2, 0.25) is 0 Å². The Bertz CT molecular complexity index is 808. The van der Waals surface area contributed by atoms with Crippen molar-refractivity contribution in [2.75, 3.05) is 44.3 Å². The van der Waals surface area contributed by atoms with Crippen LogP contribution in [0.1, 0.15) is 30.9 Å². The predicted molar refractivity (Wildman–Crippen MR) is 119 cm³/mol. The summed E-state index contributed by atoms with van der Waals surface area (Å²) in [4.78, 5) is 5.03. The highest BCUT2D eigenvalue weighted by Crippen LogP contribution is 2.36. The van der Waals surface area contributed by atoms with Crippen LogP contribution in [0.5, 0.6) is 0 Å². The third-order valence-electron chi connectivity index (χ3n) is 6.15. The Balaban J connectivity index is 1.32. The van der Waals surface area contributed by atoms with Crippen LogP contribution in [-0.4, -0.2) is 50.3 Å². The first-order valence-electron chi connectivity index (χ1n) is 10.7. The smallest absolute Gasteiger partial charge is 0.195 e. The van der Waals surface area contributed by atoms with Crippen molar-refractivity contribution in [3.05, 3.63) is 64.7 Å². The quantitative estimate of drug-likeness (QED) is 0.675. The lowest BCUT2D eigenvalue weighted by molar-refractivity contribution is -0.172. The first-order chi connectivity index (χ1) is 14.1. The summed E-state index contributed by atoms with van der Waals surface area (Å²) in [5, 5.41) is 0.847. The molecule has 2 saturated heterocycles. The molecule has 0 amide bonds. The lowest BCUT2D eigenvalue weighted by atomic mass is 10.00. The molecule has 29 heavy (non-hydrogen) atoms. The summed E-state index contributed by atoms with van der Waals surface area (Å²) >= 11 is 6.34. The number of hydrogen-bond acceptors (Lipinski definition) is 4. The van der Waals surface area contributed by atoms with Crippen molar-refractivity contribution in [2.24, 2.45) is 0 Å². The minimum atomic E-state index is -0.562. The maximum absolute atomic E-state index is 6.34. The van der Waals surface area contributed by atoms with Gasteiger partial charge in [0.15, 0.2) is 5.79 Å². The average Bonchev–Trinajstić information content (AvgIpc) is 3.21. The van der Waals surface area contributed by atoms with E-state index < -0.39 is 5.79 Å². The standard InChI is InChI=1S/C24H31ClN2O2/c1-19-9-10-22(17-23(19)25)27-14-13-26(18-20(27)2)12-6-11-24(28-15-16-29-24)21-7-4-3-5-8-21/h3-5,7-10,17,20H,6,11-16,18H2,1-2H3. The molecule has 156 valence electrons. The van der Waals surface area contributed by atoms with Crippen molar-refractivity contribution in [2.45, 2.75) is 38.5 Å². The fraction of sp³-hybridized carbons (Fsp3) is 0.500. The maximum atomic E-state index is 6.34. The van der Waals surface area contributed by atoms with E-state index in [1.165, 1.54) is 5.69 Å². The summed E-state index contributed by atoms with van der Waals surface area (Å²) in [6.45, 7) is 9.91. The number of halogens is 1. The van der Waals surface area contributed by atoms with E-state index in [0.29, 0.717) is 19.3 Å². The molecular formula is C24H31ClN2O2. The zero-order chi connectivity index (χ0) is 20.3. The van der Waals surface area contributed by atoms with Gasteiger partial charge in [0.25, 0.3) is 0 Å². The highest BCUT2D eigenvalue weighted by atomic mass is 35.5. The van der Waals surface area contributed by atoms with Crippen LogP contribution in [0.2, 0.25) is 5.02 Å². The molecule has 0 radical (unpaired) electrons. The van der Waals surface area contributed by atoms with Crippen molar-refractivity contribution >= 4 is 17.3 Å². The monoisotopic (exact) mass is 414 g/mol. The van der Waals surface area contributed by atoms with Gasteiger partial charge in [-0.25, -0.2) is 0 Å². The van der Waals surface area contributed by atoms with Crippen LogP contribution in [0.3, 0.4) is 0 Å². The van der Waals surface area contributed by atoms with E-state index in [9.17, 15) is 0 Å². The molecular weight excluding hydrogens is 384 g/mol. The summed E-state index contributed by atoms with van der Waals surface area (Å²) in [7, 11) is 0. The Labute approximate surface area is 179 Å². The largest absolute Gasteiger partial charge is 0.366 e. The summed E-state index contributed by atoms with van der Waals surface area (Å²) in [6, 6.07) is 17.2. The van der Waals surface area contributed by atoms with E-state index in [1.54, 1.807) is 0 Å². The fourth-order valence-corrected chi connectivity index (χ4v) is 4.69. The van der Waals surface area contributed by atoms with Gasteiger partial charge in [-0.3, -0.25) is 4.90 Å². The molecule has 0 aromatic heterocycles. The molecule has 0 aliphatic carbocycles. The SMILES string of the molecule is Cc1ccc(N2CCN(CCCC3(c4ccccc4)OCCO3)CC2C)cc1Cl. The van der Waals surface area contributed by atoms with Crippen LogP contribution >= 0.6 is 11.6 Å². The minimum absolute atomic E-state index is 0.463. The van der Waals surface area contributed by atoms with Crippen molar-refractivity contribution in [3.63, 3.8) is 0 Å². The van der Waals surface area contributed by atoms with Crippen LogP contribution in [0.4, 0.5) is 5.69 Å². The molecule has 0 saturated carbocycles. The molecule has 2 heterocycles. The Morgan fingerprint density at radius 1 is 1.07 bits per heavy atom. The number of ether oxygens (including phenoxy) is 2. The van der Waals surface area contributed by atoms with Gasteiger partial charge < -0.3 is 14.4 Å². The summed E-state index contributed by atoms with van der Waals surface area (Å²) in [5.74, 6) is -0.562. The Morgan fingerprint density at radius 3 is 2.52 bits per heavy atom. The lowest BCUT2D eigenvalue weighted by Crippen LogP contribution is -2.52. The van der Waals surface area contributed by atoms with Crippen LogP contribution < -0.4 is 4.90 Å². The lowest BCUT2D eigenvalue weighted by Gasteiger charge is -2.41. The number of hydrogen-bond donors (Lipinski definition) is 0. The van der Waals surface area contributed by atoms with Gasteiger partial charge in [-0.1, -0.05) is 48.0 Å². The van der Waals surface area contributed by atoms with Gasteiger partial charge in [-0.2, -0.15) is 0 Å². The van der Waals surface area contributed by atoms with E-state index in [0.717, 1.165) is 55.2 Å². The second kappa shape index (κ2) is 9.05. The van der Waals surface area contributed by atoms with E-state index in [4.69, 9.17) is 21.1 Å². The topological polar surface area (TPSA) is 24.9 Å². The molecule has 2 aromatic rings. The molecule has 0 bridgehead atoms. The number of benzene rings is 2. The second-order valence-corrected chi connectivity index (χ2v) is 8.60. The van der Waals surface area contributed by atoms with Gasteiger partial charge in [0.05, 0.1) is 13.2 Å². The van der Waals surface area contributed by atoms with Crippen LogP contribution in [0.25, 0.3) is 0 Å². The van der Waals surface area contributed by atoms with Crippen LogP contribution in [0, 0.1) is 6.92 Å². The maximum Gasteiger partial charge on any atom is 0.195 e. The number of anilines is 1. The predicted octanol–water partition coefficient (Wildman–Crippen LogP) is 4.84. The van der Waals surface area contributed by atoms with Crippen molar-refractivity contribution in [1.82, 2.24) is 4.90 Å².